The van der Waals surface area contributed by atoms with Crippen LogP contribution in [0.25, 0.3) is 0 Å². The van der Waals surface area contributed by atoms with Crippen molar-refractivity contribution in [1.29, 1.82) is 0 Å². The van der Waals surface area contributed by atoms with Crippen molar-refractivity contribution in [3.63, 3.8) is 0 Å². The summed E-state index contributed by atoms with van der Waals surface area (Å²) in [5, 5.41) is 3.42. The minimum absolute atomic E-state index is 0.444. The molecule has 4 heteroatoms. The van der Waals surface area contributed by atoms with Gasteiger partial charge in [-0.25, -0.2) is 4.98 Å². The topological polar surface area (TPSA) is 44.0 Å². The molecule has 2 aromatic rings. The Morgan fingerprint density at radius 1 is 1.15 bits per heavy atom. The molecule has 0 spiro atoms. The SMILES string of the molecule is c1ccc(CCC(c2cnc[nH]2)N2CCNCC2)cc1. The number of nitrogens with zero attached hydrogens (tertiary/aromatic N) is 2. The Morgan fingerprint density at radius 3 is 2.65 bits per heavy atom. The van der Waals surface area contributed by atoms with Crippen LogP contribution in [0.2, 0.25) is 0 Å². The van der Waals surface area contributed by atoms with E-state index in [9.17, 15) is 0 Å². The molecule has 20 heavy (non-hydrogen) atoms. The van der Waals surface area contributed by atoms with Gasteiger partial charge < -0.3 is 10.3 Å². The maximum atomic E-state index is 4.20. The molecule has 4 nitrogen and oxygen atoms in total. The molecule has 0 saturated carbocycles. The average Bonchev–Trinajstić information content (AvgIpc) is 3.04. The van der Waals surface area contributed by atoms with Crippen LogP contribution in [-0.4, -0.2) is 41.0 Å². The predicted octanol–water partition coefficient (Wildman–Crippen LogP) is 1.99. The molecule has 1 aromatic heterocycles. The fourth-order valence-corrected chi connectivity index (χ4v) is 2.93. The summed E-state index contributed by atoms with van der Waals surface area (Å²) in [4.78, 5) is 10.1. The first-order chi connectivity index (χ1) is 9.93. The average molecular weight is 270 g/mol. The van der Waals surface area contributed by atoms with Crippen molar-refractivity contribution >= 4 is 0 Å². The predicted molar refractivity (Wildman–Crippen MR) is 80.5 cm³/mol. The van der Waals surface area contributed by atoms with E-state index >= 15 is 0 Å². The van der Waals surface area contributed by atoms with E-state index in [2.05, 4.69) is 50.5 Å². The summed E-state index contributed by atoms with van der Waals surface area (Å²) in [6.45, 7) is 4.38. The first kappa shape index (κ1) is 13.3. The Balaban J connectivity index is 1.69. The minimum atomic E-state index is 0.444. The zero-order valence-electron chi connectivity index (χ0n) is 11.8. The van der Waals surface area contributed by atoms with E-state index in [0.717, 1.165) is 39.0 Å². The maximum absolute atomic E-state index is 4.20. The van der Waals surface area contributed by atoms with Crippen LogP contribution >= 0.6 is 0 Å². The third-order valence-electron chi connectivity index (χ3n) is 4.02. The van der Waals surface area contributed by atoms with Gasteiger partial charge in [-0.15, -0.1) is 0 Å². The summed E-state index contributed by atoms with van der Waals surface area (Å²) < 4.78 is 0. The standard InChI is InChI=1S/C16H22N4/c1-2-4-14(5-3-1)6-7-16(15-12-18-13-19-15)20-10-8-17-9-11-20/h1-5,12-13,16-17H,6-11H2,(H,18,19). The lowest BCUT2D eigenvalue weighted by Crippen LogP contribution is -2.45. The molecular formula is C16H22N4. The molecule has 0 aliphatic carbocycles. The summed E-state index contributed by atoms with van der Waals surface area (Å²) in [5.74, 6) is 0. The Hall–Kier alpha value is -1.65. The van der Waals surface area contributed by atoms with E-state index in [-0.39, 0.29) is 0 Å². The lowest BCUT2D eigenvalue weighted by atomic mass is 10.0. The Kier molecular flexibility index (Phi) is 4.46. The summed E-state index contributed by atoms with van der Waals surface area (Å²) >= 11 is 0. The molecule has 3 rings (SSSR count). The van der Waals surface area contributed by atoms with Gasteiger partial charge in [0.1, 0.15) is 0 Å². The van der Waals surface area contributed by atoms with Crippen LogP contribution in [0.3, 0.4) is 0 Å². The van der Waals surface area contributed by atoms with Gasteiger partial charge in [0, 0.05) is 32.4 Å². The number of nitrogens with one attached hydrogen (secondary N) is 2. The summed E-state index contributed by atoms with van der Waals surface area (Å²) in [5.41, 5.74) is 2.65. The number of imidazole rings is 1. The Labute approximate surface area is 120 Å². The number of aromatic nitrogens is 2. The molecule has 1 aliphatic rings. The minimum Gasteiger partial charge on any atom is -0.347 e. The lowest BCUT2D eigenvalue weighted by Gasteiger charge is -2.34. The third kappa shape index (κ3) is 3.26. The van der Waals surface area contributed by atoms with Crippen LogP contribution in [0.15, 0.2) is 42.9 Å². The van der Waals surface area contributed by atoms with Crippen LogP contribution in [0.1, 0.15) is 23.7 Å². The monoisotopic (exact) mass is 270 g/mol. The molecule has 1 aliphatic heterocycles. The molecule has 0 bridgehead atoms. The van der Waals surface area contributed by atoms with Crippen molar-refractivity contribution in [3.8, 4) is 0 Å². The second-order valence-corrected chi connectivity index (χ2v) is 5.33. The number of aromatic amines is 1. The van der Waals surface area contributed by atoms with Crippen LogP contribution in [-0.2, 0) is 6.42 Å². The van der Waals surface area contributed by atoms with E-state index in [0.29, 0.717) is 6.04 Å². The van der Waals surface area contributed by atoms with E-state index in [1.807, 2.05) is 6.20 Å². The summed E-state index contributed by atoms with van der Waals surface area (Å²) in [6, 6.07) is 11.2. The van der Waals surface area contributed by atoms with Gasteiger partial charge >= 0.3 is 0 Å². The van der Waals surface area contributed by atoms with E-state index in [4.69, 9.17) is 0 Å². The number of hydrogen-bond donors (Lipinski definition) is 2. The molecule has 2 heterocycles. The molecule has 1 fully saturated rings. The number of aryl methyl sites for hydroxylation is 1. The number of rotatable bonds is 5. The lowest BCUT2D eigenvalue weighted by molar-refractivity contribution is 0.163. The first-order valence-electron chi connectivity index (χ1n) is 7.40. The maximum Gasteiger partial charge on any atom is 0.0922 e. The van der Waals surface area contributed by atoms with Gasteiger partial charge in [0.05, 0.1) is 18.1 Å². The smallest absolute Gasteiger partial charge is 0.0922 e. The largest absolute Gasteiger partial charge is 0.347 e. The molecule has 106 valence electrons. The van der Waals surface area contributed by atoms with Crippen molar-refractivity contribution in [2.75, 3.05) is 26.2 Å². The third-order valence-corrected chi connectivity index (χ3v) is 4.02. The fraction of sp³-hybridized carbons (Fsp3) is 0.438. The number of H-pyrrole nitrogens is 1. The van der Waals surface area contributed by atoms with Gasteiger partial charge in [0.15, 0.2) is 0 Å². The molecule has 1 unspecified atom stereocenters. The van der Waals surface area contributed by atoms with E-state index < -0.39 is 0 Å². The molecule has 0 amide bonds. The highest BCUT2D eigenvalue weighted by atomic mass is 15.2. The number of hydrogen-bond acceptors (Lipinski definition) is 3. The first-order valence-corrected chi connectivity index (χ1v) is 7.40. The quantitative estimate of drug-likeness (QED) is 0.873. The molecule has 1 atom stereocenters. The van der Waals surface area contributed by atoms with Crippen LogP contribution < -0.4 is 5.32 Å². The normalized spacial score (nSPS) is 18.0. The van der Waals surface area contributed by atoms with Crippen LogP contribution in [0.5, 0.6) is 0 Å². The highest BCUT2D eigenvalue weighted by Crippen LogP contribution is 2.24. The van der Waals surface area contributed by atoms with Crippen molar-refractivity contribution in [3.05, 3.63) is 54.1 Å². The highest BCUT2D eigenvalue weighted by molar-refractivity contribution is 5.15. The van der Waals surface area contributed by atoms with Gasteiger partial charge in [-0.3, -0.25) is 4.90 Å². The van der Waals surface area contributed by atoms with Crippen molar-refractivity contribution < 1.29 is 0 Å². The van der Waals surface area contributed by atoms with Crippen molar-refractivity contribution in [2.45, 2.75) is 18.9 Å². The Morgan fingerprint density at radius 2 is 1.95 bits per heavy atom. The molecule has 1 aromatic carbocycles. The second-order valence-electron chi connectivity index (χ2n) is 5.33. The zero-order valence-corrected chi connectivity index (χ0v) is 11.8. The fourth-order valence-electron chi connectivity index (χ4n) is 2.93. The van der Waals surface area contributed by atoms with Crippen LogP contribution in [0.4, 0.5) is 0 Å². The highest BCUT2D eigenvalue weighted by Gasteiger charge is 2.22. The molecular weight excluding hydrogens is 248 g/mol. The number of piperazine rings is 1. The number of benzene rings is 1. The summed E-state index contributed by atoms with van der Waals surface area (Å²) in [6.07, 6.45) is 5.99. The van der Waals surface area contributed by atoms with Gasteiger partial charge in [0.25, 0.3) is 0 Å². The Bertz CT molecular complexity index is 488. The van der Waals surface area contributed by atoms with Crippen LogP contribution in [0, 0.1) is 0 Å². The molecule has 2 N–H and O–H groups in total. The van der Waals surface area contributed by atoms with E-state index in [1.165, 1.54) is 11.3 Å². The van der Waals surface area contributed by atoms with Gasteiger partial charge in [0.2, 0.25) is 0 Å². The van der Waals surface area contributed by atoms with Crippen molar-refractivity contribution in [2.24, 2.45) is 0 Å². The molecule has 0 radical (unpaired) electrons. The van der Waals surface area contributed by atoms with Gasteiger partial charge in [-0.1, -0.05) is 30.3 Å². The van der Waals surface area contributed by atoms with Crippen molar-refractivity contribution in [1.82, 2.24) is 20.2 Å². The molecule has 1 saturated heterocycles. The summed E-state index contributed by atoms with van der Waals surface area (Å²) in [7, 11) is 0. The van der Waals surface area contributed by atoms with E-state index in [1.54, 1.807) is 6.33 Å². The van der Waals surface area contributed by atoms with Gasteiger partial charge in [-0.2, -0.15) is 0 Å². The zero-order chi connectivity index (χ0) is 13.6. The second kappa shape index (κ2) is 6.68. The van der Waals surface area contributed by atoms with Gasteiger partial charge in [-0.05, 0) is 18.4 Å².